The first-order valence-corrected chi connectivity index (χ1v) is 10.1. The molecule has 0 fully saturated rings. The molecule has 154 valence electrons. The van der Waals surface area contributed by atoms with Crippen molar-refractivity contribution in [3.8, 4) is 0 Å². The molecule has 1 atom stereocenters. The predicted molar refractivity (Wildman–Crippen MR) is 115 cm³/mol. The summed E-state index contributed by atoms with van der Waals surface area (Å²) in [4.78, 5) is 41.9. The van der Waals surface area contributed by atoms with Gasteiger partial charge in [-0.2, -0.15) is 0 Å². The summed E-state index contributed by atoms with van der Waals surface area (Å²) in [6.07, 6.45) is 7.93. The Hall–Kier alpha value is -3.09. The predicted octanol–water partition coefficient (Wildman–Crippen LogP) is 2.81. The van der Waals surface area contributed by atoms with Gasteiger partial charge in [0.2, 0.25) is 5.91 Å². The highest BCUT2D eigenvalue weighted by molar-refractivity contribution is 5.95. The van der Waals surface area contributed by atoms with Crippen molar-refractivity contribution in [2.24, 2.45) is 5.92 Å². The van der Waals surface area contributed by atoms with Gasteiger partial charge in [0.05, 0.1) is 6.54 Å². The smallest absolute Gasteiger partial charge is 0.330 e. The second-order valence-electron chi connectivity index (χ2n) is 7.43. The van der Waals surface area contributed by atoms with Gasteiger partial charge in [0.25, 0.3) is 5.56 Å². The number of unbranched alkanes of at least 4 members (excludes halogenated alkanes) is 1. The van der Waals surface area contributed by atoms with E-state index in [0.717, 1.165) is 31.2 Å². The van der Waals surface area contributed by atoms with Gasteiger partial charge in [0, 0.05) is 13.0 Å². The zero-order chi connectivity index (χ0) is 20.8. The fourth-order valence-corrected chi connectivity index (χ4v) is 3.63. The van der Waals surface area contributed by atoms with Crippen molar-refractivity contribution in [1.82, 2.24) is 9.55 Å². The van der Waals surface area contributed by atoms with E-state index in [-0.39, 0.29) is 29.9 Å². The van der Waals surface area contributed by atoms with Crippen molar-refractivity contribution in [1.29, 1.82) is 0 Å². The number of amides is 1. The highest BCUT2D eigenvalue weighted by Crippen LogP contribution is 2.25. The van der Waals surface area contributed by atoms with Crippen molar-refractivity contribution < 1.29 is 4.79 Å². The van der Waals surface area contributed by atoms with Crippen LogP contribution in [0, 0.1) is 5.92 Å². The maximum Gasteiger partial charge on any atom is 0.330 e. The zero-order valence-electron chi connectivity index (χ0n) is 16.8. The van der Waals surface area contributed by atoms with Crippen LogP contribution in [0.15, 0.2) is 52.1 Å². The summed E-state index contributed by atoms with van der Waals surface area (Å²) in [5, 5.41) is 0. The molecule has 1 aromatic carbocycles. The average molecular weight is 396 g/mol. The number of carbonyl (C=O) groups excluding carboxylic acids is 1. The minimum absolute atomic E-state index is 0.0402. The fraction of sp³-hybridized carbons (Fsp3) is 0.409. The molecule has 3 N–H and O–H groups in total. The lowest BCUT2D eigenvalue weighted by molar-refractivity contribution is -0.119. The van der Waals surface area contributed by atoms with E-state index in [4.69, 9.17) is 5.73 Å². The lowest BCUT2D eigenvalue weighted by Gasteiger charge is -2.25. The molecule has 1 amide bonds. The van der Waals surface area contributed by atoms with E-state index in [1.807, 2.05) is 43.3 Å². The third-order valence-corrected chi connectivity index (χ3v) is 5.25. The van der Waals surface area contributed by atoms with Gasteiger partial charge in [0.1, 0.15) is 5.82 Å². The summed E-state index contributed by atoms with van der Waals surface area (Å²) in [7, 11) is 0. The number of hydrogen-bond donors (Lipinski definition) is 2. The minimum atomic E-state index is -0.633. The first-order chi connectivity index (χ1) is 14.0. The largest absolute Gasteiger partial charge is 0.383 e. The number of carbonyl (C=O) groups is 1. The molecule has 2 aromatic rings. The van der Waals surface area contributed by atoms with Crippen LogP contribution in [0.25, 0.3) is 0 Å². The topological polar surface area (TPSA) is 101 Å². The van der Waals surface area contributed by atoms with Gasteiger partial charge in [-0.15, -0.1) is 0 Å². The number of nitrogens with one attached hydrogen (secondary N) is 1. The SMILES string of the molecule is CCCCn1c(N)c(N(Cc2ccccc2)C(=O)C[C@@H]2C=CCC2)c(=O)[nH]c1=O. The summed E-state index contributed by atoms with van der Waals surface area (Å²) < 4.78 is 1.35. The van der Waals surface area contributed by atoms with Crippen LogP contribution in [0.5, 0.6) is 0 Å². The number of nitrogen functional groups attached to an aromatic ring is 1. The Kier molecular flexibility index (Phi) is 6.69. The standard InChI is InChI=1S/C22H28N4O3/c1-2-3-13-25-20(23)19(21(28)24-22(25)29)26(15-17-11-5-4-6-12-17)18(27)14-16-9-7-8-10-16/h4-7,9,11-12,16H,2-3,8,10,13-15,23H2,1H3,(H,24,28,29)/t16-/m1/s1. The zero-order valence-corrected chi connectivity index (χ0v) is 16.8. The number of benzene rings is 1. The van der Waals surface area contributed by atoms with Crippen molar-refractivity contribution in [2.75, 3.05) is 10.6 Å². The van der Waals surface area contributed by atoms with Gasteiger partial charge < -0.3 is 10.6 Å². The number of nitrogens with zero attached hydrogens (tertiary/aromatic N) is 2. The van der Waals surface area contributed by atoms with Crippen molar-refractivity contribution in [3.63, 3.8) is 0 Å². The second kappa shape index (κ2) is 9.41. The maximum absolute atomic E-state index is 13.2. The molecule has 1 aliphatic carbocycles. The lowest BCUT2D eigenvalue weighted by Crippen LogP contribution is -2.41. The third-order valence-electron chi connectivity index (χ3n) is 5.25. The minimum Gasteiger partial charge on any atom is -0.383 e. The molecule has 29 heavy (non-hydrogen) atoms. The van der Waals surface area contributed by atoms with Gasteiger partial charge in [-0.3, -0.25) is 19.1 Å². The normalized spacial score (nSPS) is 15.6. The molecule has 0 spiro atoms. The van der Waals surface area contributed by atoms with Gasteiger partial charge >= 0.3 is 5.69 Å². The molecular formula is C22H28N4O3. The van der Waals surface area contributed by atoms with Crippen LogP contribution in [-0.2, 0) is 17.9 Å². The summed E-state index contributed by atoms with van der Waals surface area (Å²) >= 11 is 0. The van der Waals surface area contributed by atoms with Crippen LogP contribution in [0.2, 0.25) is 0 Å². The summed E-state index contributed by atoms with van der Waals surface area (Å²) in [6, 6.07) is 9.45. The monoisotopic (exact) mass is 396 g/mol. The Morgan fingerprint density at radius 1 is 1.28 bits per heavy atom. The fourth-order valence-electron chi connectivity index (χ4n) is 3.63. The molecule has 1 aromatic heterocycles. The van der Waals surface area contributed by atoms with E-state index >= 15 is 0 Å². The van der Waals surface area contributed by atoms with Crippen molar-refractivity contribution >= 4 is 17.4 Å². The Bertz CT molecular complexity index is 991. The second-order valence-corrected chi connectivity index (χ2v) is 7.43. The number of aromatic amines is 1. The Balaban J connectivity index is 2.02. The summed E-state index contributed by atoms with van der Waals surface area (Å²) in [6.45, 7) is 2.62. The van der Waals surface area contributed by atoms with E-state index in [1.165, 1.54) is 9.47 Å². The third kappa shape index (κ3) is 4.85. The molecule has 0 bridgehead atoms. The van der Waals surface area contributed by atoms with Crippen LogP contribution in [-0.4, -0.2) is 15.5 Å². The summed E-state index contributed by atoms with van der Waals surface area (Å²) in [5.41, 5.74) is 6.02. The van der Waals surface area contributed by atoms with Gasteiger partial charge in [-0.25, -0.2) is 4.79 Å². The average Bonchev–Trinajstić information content (AvgIpc) is 3.20. The number of nitrogens with two attached hydrogens (primary N) is 1. The molecule has 3 rings (SSSR count). The Morgan fingerprint density at radius 2 is 2.03 bits per heavy atom. The van der Waals surface area contributed by atoms with Crippen LogP contribution >= 0.6 is 0 Å². The van der Waals surface area contributed by atoms with E-state index in [9.17, 15) is 14.4 Å². The first-order valence-electron chi connectivity index (χ1n) is 10.1. The number of rotatable bonds is 8. The summed E-state index contributed by atoms with van der Waals surface area (Å²) in [5.74, 6) is 0.0221. The number of anilines is 2. The van der Waals surface area contributed by atoms with Crippen molar-refractivity contribution in [2.45, 2.75) is 52.1 Å². The number of H-pyrrole nitrogens is 1. The number of hydrogen-bond acceptors (Lipinski definition) is 4. The van der Waals surface area contributed by atoms with E-state index < -0.39 is 11.2 Å². The Labute approximate surface area is 169 Å². The lowest BCUT2D eigenvalue weighted by atomic mass is 10.0. The molecule has 0 saturated carbocycles. The molecule has 7 nitrogen and oxygen atoms in total. The quantitative estimate of drug-likeness (QED) is 0.670. The highest BCUT2D eigenvalue weighted by Gasteiger charge is 2.26. The van der Waals surface area contributed by atoms with Gasteiger partial charge in [0.15, 0.2) is 5.69 Å². The first kappa shape index (κ1) is 20.6. The molecule has 1 heterocycles. The van der Waals surface area contributed by atoms with E-state index in [0.29, 0.717) is 13.0 Å². The van der Waals surface area contributed by atoms with Crippen LogP contribution in [0.3, 0.4) is 0 Å². The van der Waals surface area contributed by atoms with Gasteiger partial charge in [-0.1, -0.05) is 55.8 Å². The Morgan fingerprint density at radius 3 is 2.69 bits per heavy atom. The molecule has 0 saturated heterocycles. The molecular weight excluding hydrogens is 368 g/mol. The van der Waals surface area contributed by atoms with Gasteiger partial charge in [-0.05, 0) is 30.7 Å². The molecule has 7 heteroatoms. The number of aromatic nitrogens is 2. The molecule has 0 radical (unpaired) electrons. The van der Waals surface area contributed by atoms with Crippen LogP contribution < -0.4 is 21.9 Å². The number of allylic oxidation sites excluding steroid dienone is 2. The molecule has 0 unspecified atom stereocenters. The highest BCUT2D eigenvalue weighted by atomic mass is 16.2. The van der Waals surface area contributed by atoms with E-state index in [2.05, 4.69) is 11.1 Å². The maximum atomic E-state index is 13.2. The molecule has 1 aliphatic rings. The van der Waals surface area contributed by atoms with Crippen LogP contribution in [0.4, 0.5) is 11.5 Å². The molecule has 0 aliphatic heterocycles. The van der Waals surface area contributed by atoms with Crippen molar-refractivity contribution in [3.05, 3.63) is 68.9 Å². The van der Waals surface area contributed by atoms with Crippen LogP contribution in [0.1, 0.15) is 44.6 Å². The van der Waals surface area contributed by atoms with E-state index in [1.54, 1.807) is 0 Å².